The summed E-state index contributed by atoms with van der Waals surface area (Å²) in [6, 6.07) is 13.5. The van der Waals surface area contributed by atoms with Gasteiger partial charge in [-0.05, 0) is 87.3 Å². The van der Waals surface area contributed by atoms with E-state index in [4.69, 9.17) is 4.74 Å². The van der Waals surface area contributed by atoms with Crippen LogP contribution in [-0.4, -0.2) is 47.7 Å². The molecule has 0 spiro atoms. The predicted molar refractivity (Wildman–Crippen MR) is 149 cm³/mol. The van der Waals surface area contributed by atoms with Gasteiger partial charge in [0.1, 0.15) is 11.7 Å². The molecule has 1 fully saturated rings. The van der Waals surface area contributed by atoms with Crippen molar-refractivity contribution in [3.63, 3.8) is 0 Å². The van der Waals surface area contributed by atoms with Gasteiger partial charge >= 0.3 is 6.09 Å². The molecule has 2 aromatic carbocycles. The van der Waals surface area contributed by atoms with Crippen LogP contribution in [0.3, 0.4) is 0 Å². The van der Waals surface area contributed by atoms with Gasteiger partial charge in [-0.2, -0.15) is 5.26 Å². The van der Waals surface area contributed by atoms with Crippen LogP contribution >= 0.6 is 15.9 Å². The molecule has 0 unspecified atom stereocenters. The van der Waals surface area contributed by atoms with Gasteiger partial charge in [-0.1, -0.05) is 18.2 Å². The van der Waals surface area contributed by atoms with Crippen LogP contribution in [0, 0.1) is 11.3 Å². The van der Waals surface area contributed by atoms with Gasteiger partial charge in [0.15, 0.2) is 0 Å². The van der Waals surface area contributed by atoms with Crippen LogP contribution in [0.4, 0.5) is 21.9 Å². The lowest BCUT2D eigenvalue weighted by Gasteiger charge is -2.45. The zero-order valence-electron chi connectivity index (χ0n) is 22.2. The molecule has 0 saturated carbocycles. The molecular weight excluding hydrogens is 532 g/mol. The van der Waals surface area contributed by atoms with Crippen molar-refractivity contribution in [2.45, 2.75) is 64.6 Å². The minimum Gasteiger partial charge on any atom is -0.444 e. The van der Waals surface area contributed by atoms with Crippen molar-refractivity contribution in [1.29, 1.82) is 5.26 Å². The van der Waals surface area contributed by atoms with Crippen molar-refractivity contribution < 1.29 is 14.3 Å². The maximum Gasteiger partial charge on any atom is 0.410 e. The molecule has 2 atom stereocenters. The van der Waals surface area contributed by atoms with Crippen LogP contribution in [0.2, 0.25) is 0 Å². The number of piperazine rings is 1. The van der Waals surface area contributed by atoms with Gasteiger partial charge in [-0.3, -0.25) is 9.69 Å². The fraction of sp³-hybridized carbons (Fsp3) is 0.414. The van der Waals surface area contributed by atoms with Crippen LogP contribution < -0.4 is 9.80 Å². The number of anilines is 3. The van der Waals surface area contributed by atoms with E-state index in [0.29, 0.717) is 28.8 Å². The first-order valence-corrected chi connectivity index (χ1v) is 13.2. The zero-order chi connectivity index (χ0) is 27.3. The third-order valence-electron chi connectivity index (χ3n) is 6.99. The Bertz CT molecular complexity index is 1310. The Morgan fingerprint density at radius 2 is 1.92 bits per heavy atom. The maximum absolute atomic E-state index is 13.7. The molecule has 2 aliphatic heterocycles. The van der Waals surface area contributed by atoms with Crippen molar-refractivity contribution in [1.82, 2.24) is 4.90 Å². The number of rotatable bonds is 3. The molecular formula is C29H33BrN4O3. The van der Waals surface area contributed by atoms with E-state index < -0.39 is 11.0 Å². The molecule has 2 aromatic rings. The first kappa shape index (κ1) is 26.7. The number of nitrogens with zero attached hydrogens (tertiary/aromatic N) is 4. The second-order valence-corrected chi connectivity index (χ2v) is 12.0. The average Bonchev–Trinajstić information content (AvgIpc) is 3.02. The predicted octanol–water partition coefficient (Wildman–Crippen LogP) is 6.28. The summed E-state index contributed by atoms with van der Waals surface area (Å²) >= 11 is 3.46. The molecule has 1 saturated heterocycles. The summed E-state index contributed by atoms with van der Waals surface area (Å²) in [7, 11) is 0. The molecule has 2 heterocycles. The SMILES string of the molecule is C=C[C@@H]1CN(C(=O)OC(C)(C)C)[C@H](C)CN1c1ccc2c(c1)N(c1cccc(Br)c1C#N)C(=O)C2(C)C. The first-order chi connectivity index (χ1) is 17.3. The van der Waals surface area contributed by atoms with Gasteiger partial charge in [-0.25, -0.2) is 4.79 Å². The second-order valence-electron chi connectivity index (χ2n) is 11.1. The molecule has 2 amide bonds. The van der Waals surface area contributed by atoms with Crippen molar-refractivity contribution >= 4 is 45.0 Å². The summed E-state index contributed by atoms with van der Waals surface area (Å²) in [5.74, 6) is -0.0855. The third-order valence-corrected chi connectivity index (χ3v) is 7.65. The smallest absolute Gasteiger partial charge is 0.410 e. The van der Waals surface area contributed by atoms with Crippen LogP contribution in [0.1, 0.15) is 52.7 Å². The Labute approximate surface area is 227 Å². The Morgan fingerprint density at radius 1 is 1.22 bits per heavy atom. The number of carbonyl (C=O) groups is 2. The highest BCUT2D eigenvalue weighted by molar-refractivity contribution is 9.10. The van der Waals surface area contributed by atoms with Gasteiger partial charge in [0.05, 0.1) is 28.4 Å². The molecule has 2 aliphatic rings. The number of hydrogen-bond acceptors (Lipinski definition) is 5. The summed E-state index contributed by atoms with van der Waals surface area (Å²) in [5, 5.41) is 9.84. The number of nitriles is 1. The van der Waals surface area contributed by atoms with Crippen molar-refractivity contribution in [2.75, 3.05) is 22.9 Å². The van der Waals surface area contributed by atoms with E-state index in [1.165, 1.54) is 0 Å². The number of benzene rings is 2. The number of hydrogen-bond donors (Lipinski definition) is 0. The summed E-state index contributed by atoms with van der Waals surface area (Å²) in [4.78, 5) is 32.1. The minimum atomic E-state index is -0.747. The Hall–Kier alpha value is -3.31. The van der Waals surface area contributed by atoms with Gasteiger partial charge in [-0.15, -0.1) is 6.58 Å². The first-order valence-electron chi connectivity index (χ1n) is 12.4. The van der Waals surface area contributed by atoms with Crippen molar-refractivity contribution in [3.05, 3.63) is 64.7 Å². The Morgan fingerprint density at radius 3 is 2.54 bits per heavy atom. The van der Waals surface area contributed by atoms with Gasteiger partial charge < -0.3 is 14.5 Å². The lowest BCUT2D eigenvalue weighted by molar-refractivity contribution is -0.121. The number of ether oxygens (including phenoxy) is 1. The lowest BCUT2D eigenvalue weighted by Crippen LogP contribution is -2.59. The van der Waals surface area contributed by atoms with E-state index in [0.717, 1.165) is 16.9 Å². The summed E-state index contributed by atoms with van der Waals surface area (Å²) in [5.41, 5.74) is 2.22. The van der Waals surface area contributed by atoms with E-state index in [-0.39, 0.29) is 24.1 Å². The number of halogens is 1. The second kappa shape index (κ2) is 9.53. The third kappa shape index (κ3) is 4.73. The summed E-state index contributed by atoms with van der Waals surface area (Å²) in [6.45, 7) is 16.4. The molecule has 37 heavy (non-hydrogen) atoms. The van der Waals surface area contributed by atoms with E-state index >= 15 is 0 Å². The molecule has 0 bridgehead atoms. The topological polar surface area (TPSA) is 76.9 Å². The monoisotopic (exact) mass is 564 g/mol. The van der Waals surface area contributed by atoms with Gasteiger partial charge in [0, 0.05) is 29.3 Å². The highest BCUT2D eigenvalue weighted by atomic mass is 79.9. The molecule has 0 radical (unpaired) electrons. The Balaban J connectivity index is 1.74. The zero-order valence-corrected chi connectivity index (χ0v) is 23.8. The van der Waals surface area contributed by atoms with Crippen LogP contribution in [0.5, 0.6) is 0 Å². The minimum absolute atomic E-state index is 0.0855. The molecule has 0 aliphatic carbocycles. The van der Waals surface area contributed by atoms with Crippen molar-refractivity contribution in [3.8, 4) is 6.07 Å². The van der Waals surface area contributed by atoms with Crippen LogP contribution in [0.25, 0.3) is 0 Å². The van der Waals surface area contributed by atoms with Crippen molar-refractivity contribution in [2.24, 2.45) is 0 Å². The fourth-order valence-corrected chi connectivity index (χ4v) is 5.48. The average molecular weight is 566 g/mol. The highest BCUT2D eigenvalue weighted by Crippen LogP contribution is 2.48. The molecule has 0 aromatic heterocycles. The van der Waals surface area contributed by atoms with E-state index in [1.54, 1.807) is 21.9 Å². The highest BCUT2D eigenvalue weighted by Gasteiger charge is 2.46. The normalized spacial score (nSPS) is 20.9. The Kier molecular flexibility index (Phi) is 6.89. The molecule has 194 valence electrons. The van der Waals surface area contributed by atoms with Gasteiger partial charge in [0.2, 0.25) is 5.91 Å². The summed E-state index contributed by atoms with van der Waals surface area (Å²) in [6.07, 6.45) is 1.50. The maximum atomic E-state index is 13.7. The number of carbonyl (C=O) groups excluding carboxylic acids is 2. The van der Waals surface area contributed by atoms with Gasteiger partial charge in [0.25, 0.3) is 0 Å². The van der Waals surface area contributed by atoms with Crippen LogP contribution in [0.15, 0.2) is 53.5 Å². The van der Waals surface area contributed by atoms with Crippen LogP contribution in [-0.2, 0) is 14.9 Å². The number of amides is 2. The summed E-state index contributed by atoms with van der Waals surface area (Å²) < 4.78 is 6.27. The molecule has 8 heteroatoms. The lowest BCUT2D eigenvalue weighted by atomic mass is 9.86. The molecule has 4 rings (SSSR count). The van der Waals surface area contributed by atoms with E-state index in [2.05, 4.69) is 33.5 Å². The number of fused-ring (bicyclic) bond motifs is 1. The standard InChI is InChI=1S/C29H33BrN4O3/c1-8-19-17-32(27(36)37-28(3,4)5)18(2)16-33(19)20-12-13-22-25(14-20)34(26(35)29(22,6)7)24-11-9-10-23(30)21(24)15-31/h8-14,18-19H,1,16-17H2,2-7H3/t18-,19-/m1/s1. The molecule has 0 N–H and O–H groups in total. The van der Waals surface area contributed by atoms with E-state index in [9.17, 15) is 14.9 Å². The largest absolute Gasteiger partial charge is 0.444 e. The quantitative estimate of drug-likeness (QED) is 0.410. The molecule has 7 nitrogen and oxygen atoms in total. The van der Waals surface area contributed by atoms with E-state index in [1.807, 2.05) is 71.9 Å². The fourth-order valence-electron chi connectivity index (χ4n) is 5.04.